The van der Waals surface area contributed by atoms with Crippen molar-refractivity contribution in [3.05, 3.63) is 48.6 Å². The molecule has 0 bridgehead atoms. The van der Waals surface area contributed by atoms with Crippen LogP contribution >= 0.6 is 0 Å². The van der Waals surface area contributed by atoms with Crippen molar-refractivity contribution in [2.45, 2.75) is 0 Å². The molecule has 0 atom stereocenters. The molecule has 3 nitrogen and oxygen atoms in total. The van der Waals surface area contributed by atoms with Crippen molar-refractivity contribution in [1.82, 2.24) is 5.32 Å². The first-order valence-electron chi connectivity index (χ1n) is 5.11. The zero-order chi connectivity index (χ0) is 11.8. The largest absolute Gasteiger partial charge is 0.323 e. The van der Waals surface area contributed by atoms with E-state index in [-0.39, 0.29) is 5.91 Å². The standard InChI is InChI=1S/C13H16N2O/c1-3-11-6-4-7-12(10-11)15-13(16)8-5-9-14-2/h3-8,10,14H,1,9H2,2H3,(H,15,16)/b8-5+. The Balaban J connectivity index is 2.58. The smallest absolute Gasteiger partial charge is 0.248 e. The van der Waals surface area contributed by atoms with Gasteiger partial charge in [-0.05, 0) is 24.7 Å². The summed E-state index contributed by atoms with van der Waals surface area (Å²) in [4.78, 5) is 11.4. The van der Waals surface area contributed by atoms with Crippen molar-refractivity contribution in [2.75, 3.05) is 18.9 Å². The lowest BCUT2D eigenvalue weighted by atomic mass is 10.2. The minimum Gasteiger partial charge on any atom is -0.323 e. The SMILES string of the molecule is C=Cc1cccc(NC(=O)/C=C/CNC)c1. The first kappa shape index (κ1) is 12.2. The summed E-state index contributed by atoms with van der Waals surface area (Å²) in [7, 11) is 1.83. The summed E-state index contributed by atoms with van der Waals surface area (Å²) >= 11 is 0. The van der Waals surface area contributed by atoms with Crippen molar-refractivity contribution < 1.29 is 4.79 Å². The van der Waals surface area contributed by atoms with Crippen LogP contribution < -0.4 is 10.6 Å². The highest BCUT2D eigenvalue weighted by Gasteiger charge is 1.97. The summed E-state index contributed by atoms with van der Waals surface area (Å²) in [6.07, 6.45) is 5.02. The van der Waals surface area contributed by atoms with Crippen LogP contribution in [-0.2, 0) is 4.79 Å². The van der Waals surface area contributed by atoms with E-state index in [1.54, 1.807) is 12.2 Å². The van der Waals surface area contributed by atoms with Crippen molar-refractivity contribution in [3.8, 4) is 0 Å². The van der Waals surface area contributed by atoms with Crippen LogP contribution in [-0.4, -0.2) is 19.5 Å². The summed E-state index contributed by atoms with van der Waals surface area (Å²) in [6.45, 7) is 4.36. The molecule has 16 heavy (non-hydrogen) atoms. The predicted octanol–water partition coefficient (Wildman–Crippen LogP) is 2.04. The molecule has 1 aromatic rings. The molecule has 1 aromatic carbocycles. The number of carbonyl (C=O) groups excluding carboxylic acids is 1. The fourth-order valence-electron chi connectivity index (χ4n) is 1.21. The van der Waals surface area contributed by atoms with E-state index >= 15 is 0 Å². The van der Waals surface area contributed by atoms with Gasteiger partial charge in [-0.25, -0.2) is 0 Å². The van der Waals surface area contributed by atoms with Crippen molar-refractivity contribution >= 4 is 17.7 Å². The molecule has 0 unspecified atom stereocenters. The lowest BCUT2D eigenvalue weighted by Gasteiger charge is -2.02. The van der Waals surface area contributed by atoms with Gasteiger partial charge in [-0.2, -0.15) is 0 Å². The van der Waals surface area contributed by atoms with E-state index in [9.17, 15) is 4.79 Å². The van der Waals surface area contributed by atoms with E-state index in [2.05, 4.69) is 17.2 Å². The van der Waals surface area contributed by atoms with Crippen LogP contribution in [0.25, 0.3) is 6.08 Å². The Kier molecular flexibility index (Phi) is 5.02. The molecule has 0 spiro atoms. The molecule has 0 aromatic heterocycles. The summed E-state index contributed by atoms with van der Waals surface area (Å²) in [5.74, 6) is -0.128. The fourth-order valence-corrected chi connectivity index (χ4v) is 1.21. The Morgan fingerprint density at radius 1 is 1.50 bits per heavy atom. The number of likely N-dealkylation sites (N-methyl/N-ethyl adjacent to an activating group) is 1. The van der Waals surface area contributed by atoms with Crippen LogP contribution in [0.4, 0.5) is 5.69 Å². The molecule has 3 heteroatoms. The van der Waals surface area contributed by atoms with Gasteiger partial charge in [0.15, 0.2) is 0 Å². The number of rotatable bonds is 5. The Morgan fingerprint density at radius 2 is 2.31 bits per heavy atom. The highest BCUT2D eigenvalue weighted by atomic mass is 16.1. The lowest BCUT2D eigenvalue weighted by molar-refractivity contribution is -0.111. The van der Waals surface area contributed by atoms with Crippen molar-refractivity contribution in [2.24, 2.45) is 0 Å². The van der Waals surface area contributed by atoms with E-state index in [0.29, 0.717) is 6.54 Å². The maximum absolute atomic E-state index is 11.4. The van der Waals surface area contributed by atoms with Gasteiger partial charge < -0.3 is 10.6 Å². The highest BCUT2D eigenvalue weighted by Crippen LogP contribution is 2.11. The molecule has 0 aliphatic carbocycles. The van der Waals surface area contributed by atoms with Gasteiger partial charge in [-0.15, -0.1) is 0 Å². The number of hydrogen-bond acceptors (Lipinski definition) is 2. The summed E-state index contributed by atoms with van der Waals surface area (Å²) < 4.78 is 0. The Labute approximate surface area is 95.9 Å². The number of amides is 1. The maximum atomic E-state index is 11.4. The third-order valence-electron chi connectivity index (χ3n) is 1.98. The van der Waals surface area contributed by atoms with Gasteiger partial charge in [0, 0.05) is 18.3 Å². The van der Waals surface area contributed by atoms with Gasteiger partial charge in [0.1, 0.15) is 0 Å². The van der Waals surface area contributed by atoms with Crippen LogP contribution in [0.1, 0.15) is 5.56 Å². The van der Waals surface area contributed by atoms with E-state index in [1.807, 2.05) is 31.3 Å². The normalized spacial score (nSPS) is 10.3. The van der Waals surface area contributed by atoms with Crippen LogP contribution in [0.15, 0.2) is 43.0 Å². The average molecular weight is 216 g/mol. The molecule has 0 saturated carbocycles. The number of hydrogen-bond donors (Lipinski definition) is 2. The molecular formula is C13H16N2O. The van der Waals surface area contributed by atoms with Crippen molar-refractivity contribution in [1.29, 1.82) is 0 Å². The lowest BCUT2D eigenvalue weighted by Crippen LogP contribution is -2.10. The molecule has 0 radical (unpaired) electrons. The van der Waals surface area contributed by atoms with Gasteiger partial charge >= 0.3 is 0 Å². The third-order valence-corrected chi connectivity index (χ3v) is 1.98. The second-order valence-electron chi connectivity index (χ2n) is 3.28. The van der Waals surface area contributed by atoms with Gasteiger partial charge in [-0.1, -0.05) is 30.9 Å². The van der Waals surface area contributed by atoms with Crippen LogP contribution in [0, 0.1) is 0 Å². The molecule has 1 rings (SSSR count). The topological polar surface area (TPSA) is 41.1 Å². The number of nitrogens with one attached hydrogen (secondary N) is 2. The van der Waals surface area contributed by atoms with Gasteiger partial charge in [0.2, 0.25) is 5.91 Å². The average Bonchev–Trinajstić information content (AvgIpc) is 2.29. The first-order valence-corrected chi connectivity index (χ1v) is 5.11. The van der Waals surface area contributed by atoms with Crippen molar-refractivity contribution in [3.63, 3.8) is 0 Å². The Hall–Kier alpha value is -1.87. The summed E-state index contributed by atoms with van der Waals surface area (Å²) in [6, 6.07) is 7.52. The molecule has 0 saturated heterocycles. The van der Waals surface area contributed by atoms with E-state index in [4.69, 9.17) is 0 Å². The fraction of sp³-hybridized carbons (Fsp3) is 0.154. The second kappa shape index (κ2) is 6.58. The molecule has 0 heterocycles. The predicted molar refractivity (Wildman–Crippen MR) is 68.2 cm³/mol. The third kappa shape index (κ3) is 4.11. The highest BCUT2D eigenvalue weighted by molar-refractivity contribution is 5.99. The van der Waals surface area contributed by atoms with Gasteiger partial charge in [0.25, 0.3) is 0 Å². The zero-order valence-electron chi connectivity index (χ0n) is 9.36. The molecule has 0 fully saturated rings. The monoisotopic (exact) mass is 216 g/mol. The molecule has 1 amide bonds. The van der Waals surface area contributed by atoms with E-state index < -0.39 is 0 Å². The number of benzene rings is 1. The van der Waals surface area contributed by atoms with Crippen LogP contribution in [0.2, 0.25) is 0 Å². The zero-order valence-corrected chi connectivity index (χ0v) is 9.36. The minimum atomic E-state index is -0.128. The van der Waals surface area contributed by atoms with Gasteiger partial charge in [-0.3, -0.25) is 4.79 Å². The first-order chi connectivity index (χ1) is 7.76. The Bertz CT molecular complexity index is 397. The molecule has 2 N–H and O–H groups in total. The molecule has 0 aliphatic heterocycles. The van der Waals surface area contributed by atoms with E-state index in [1.165, 1.54) is 6.08 Å². The van der Waals surface area contributed by atoms with Crippen LogP contribution in [0.5, 0.6) is 0 Å². The number of carbonyl (C=O) groups is 1. The maximum Gasteiger partial charge on any atom is 0.248 e. The second-order valence-corrected chi connectivity index (χ2v) is 3.28. The van der Waals surface area contributed by atoms with E-state index in [0.717, 1.165) is 11.3 Å². The summed E-state index contributed by atoms with van der Waals surface area (Å²) in [5.41, 5.74) is 1.76. The van der Waals surface area contributed by atoms with Gasteiger partial charge in [0.05, 0.1) is 0 Å². The Morgan fingerprint density at radius 3 is 3.00 bits per heavy atom. The van der Waals surface area contributed by atoms with Crippen LogP contribution in [0.3, 0.4) is 0 Å². The molecular weight excluding hydrogens is 200 g/mol. The number of anilines is 1. The minimum absolute atomic E-state index is 0.128. The molecule has 0 aliphatic rings. The molecule has 84 valence electrons. The quantitative estimate of drug-likeness (QED) is 0.739. The summed E-state index contributed by atoms with van der Waals surface area (Å²) in [5, 5.41) is 5.70.